The number of ether oxygens (including phenoxy) is 1. The van der Waals surface area contributed by atoms with Crippen LogP contribution < -0.4 is 10.5 Å². The van der Waals surface area contributed by atoms with E-state index in [9.17, 15) is 0 Å². The molecule has 3 heteroatoms. The number of hydrogen-bond acceptors (Lipinski definition) is 2. The summed E-state index contributed by atoms with van der Waals surface area (Å²) in [6.07, 6.45) is 3.56. The van der Waals surface area contributed by atoms with Crippen molar-refractivity contribution in [3.05, 3.63) is 28.2 Å². The monoisotopic (exact) mass is 271 g/mol. The molecule has 2 N–H and O–H groups in total. The van der Waals surface area contributed by atoms with E-state index in [4.69, 9.17) is 10.5 Å². The molecule has 0 atom stereocenters. The molecule has 0 fully saturated rings. The van der Waals surface area contributed by atoms with Gasteiger partial charge in [-0.2, -0.15) is 0 Å². The summed E-state index contributed by atoms with van der Waals surface area (Å²) < 4.78 is 6.64. The fraction of sp³-hybridized carbons (Fsp3) is 0.500. The van der Waals surface area contributed by atoms with E-state index in [0.29, 0.717) is 6.54 Å². The van der Waals surface area contributed by atoms with E-state index in [0.717, 1.165) is 28.8 Å². The smallest absolute Gasteiger partial charge is 0.120 e. The Bertz CT molecular complexity index is 302. The van der Waals surface area contributed by atoms with Crippen molar-refractivity contribution in [3.63, 3.8) is 0 Å². The Hall–Kier alpha value is -0.540. The highest BCUT2D eigenvalue weighted by Crippen LogP contribution is 2.22. The second-order valence-electron chi connectivity index (χ2n) is 3.51. The fourth-order valence-electron chi connectivity index (χ4n) is 1.33. The first kappa shape index (κ1) is 12.5. The van der Waals surface area contributed by atoms with Gasteiger partial charge in [-0.25, -0.2) is 0 Å². The Labute approximate surface area is 99.9 Å². The summed E-state index contributed by atoms with van der Waals surface area (Å²) in [7, 11) is 0. The highest BCUT2D eigenvalue weighted by atomic mass is 79.9. The van der Waals surface area contributed by atoms with Crippen LogP contribution in [0.2, 0.25) is 0 Å². The zero-order valence-electron chi connectivity index (χ0n) is 9.13. The summed E-state index contributed by atoms with van der Waals surface area (Å²) in [6, 6.07) is 5.95. The zero-order valence-corrected chi connectivity index (χ0v) is 10.7. The van der Waals surface area contributed by atoms with E-state index in [1.807, 2.05) is 18.2 Å². The molecular formula is C12H18BrNO. The molecule has 15 heavy (non-hydrogen) atoms. The number of unbranched alkanes of at least 4 members (excludes halogenated alkanes) is 2. The summed E-state index contributed by atoms with van der Waals surface area (Å²) >= 11 is 3.47. The van der Waals surface area contributed by atoms with Crippen LogP contribution in [0.25, 0.3) is 0 Å². The van der Waals surface area contributed by atoms with Crippen LogP contribution in [-0.4, -0.2) is 6.61 Å². The number of benzene rings is 1. The Balaban J connectivity index is 2.45. The lowest BCUT2D eigenvalue weighted by atomic mass is 10.2. The molecule has 1 rings (SSSR count). The summed E-state index contributed by atoms with van der Waals surface area (Å²) in [6.45, 7) is 3.53. The van der Waals surface area contributed by atoms with Crippen LogP contribution in [0.5, 0.6) is 5.75 Å². The number of halogens is 1. The minimum absolute atomic E-state index is 0.552. The number of rotatable bonds is 6. The minimum atomic E-state index is 0.552. The predicted molar refractivity (Wildman–Crippen MR) is 67.1 cm³/mol. The Morgan fingerprint density at radius 2 is 2.13 bits per heavy atom. The van der Waals surface area contributed by atoms with Crippen molar-refractivity contribution in [1.29, 1.82) is 0 Å². The Morgan fingerprint density at radius 3 is 2.73 bits per heavy atom. The highest BCUT2D eigenvalue weighted by Gasteiger charge is 2.00. The van der Waals surface area contributed by atoms with Gasteiger partial charge in [0.25, 0.3) is 0 Å². The standard InChI is InChI=1S/C12H18BrNO/c1-2-3-4-7-15-11-6-5-10(9-14)12(13)8-11/h5-6,8H,2-4,7,9,14H2,1H3. The lowest BCUT2D eigenvalue weighted by molar-refractivity contribution is 0.306. The van der Waals surface area contributed by atoms with Gasteiger partial charge in [-0.15, -0.1) is 0 Å². The van der Waals surface area contributed by atoms with E-state index < -0.39 is 0 Å². The second-order valence-corrected chi connectivity index (χ2v) is 4.37. The van der Waals surface area contributed by atoms with Gasteiger partial charge < -0.3 is 10.5 Å². The van der Waals surface area contributed by atoms with Gasteiger partial charge in [0.1, 0.15) is 5.75 Å². The summed E-state index contributed by atoms with van der Waals surface area (Å²) in [4.78, 5) is 0. The van der Waals surface area contributed by atoms with Crippen LogP contribution in [0.1, 0.15) is 31.7 Å². The molecule has 1 aromatic rings. The first-order valence-corrected chi connectivity index (χ1v) is 6.18. The molecule has 0 saturated carbocycles. The molecule has 1 aromatic carbocycles. The lowest BCUT2D eigenvalue weighted by Crippen LogP contribution is -2.00. The van der Waals surface area contributed by atoms with E-state index in [-0.39, 0.29) is 0 Å². The highest BCUT2D eigenvalue weighted by molar-refractivity contribution is 9.10. The maximum absolute atomic E-state index is 5.62. The van der Waals surface area contributed by atoms with Crippen LogP contribution in [0.3, 0.4) is 0 Å². The third kappa shape index (κ3) is 4.22. The molecular weight excluding hydrogens is 254 g/mol. The zero-order chi connectivity index (χ0) is 11.1. The van der Waals surface area contributed by atoms with Crippen LogP contribution in [-0.2, 0) is 6.54 Å². The van der Waals surface area contributed by atoms with Crippen molar-refractivity contribution >= 4 is 15.9 Å². The van der Waals surface area contributed by atoms with Gasteiger partial charge in [-0.05, 0) is 24.1 Å². The summed E-state index contributed by atoms with van der Waals surface area (Å²) in [5, 5.41) is 0. The van der Waals surface area contributed by atoms with Gasteiger partial charge in [0, 0.05) is 11.0 Å². The largest absolute Gasteiger partial charge is 0.494 e. The van der Waals surface area contributed by atoms with Gasteiger partial charge in [0.15, 0.2) is 0 Å². The van der Waals surface area contributed by atoms with E-state index in [1.165, 1.54) is 12.8 Å². The van der Waals surface area contributed by atoms with Crippen LogP contribution in [0, 0.1) is 0 Å². The third-order valence-electron chi connectivity index (χ3n) is 2.26. The molecule has 0 aliphatic heterocycles. The van der Waals surface area contributed by atoms with Crippen molar-refractivity contribution in [2.75, 3.05) is 6.61 Å². The molecule has 0 saturated heterocycles. The average molecular weight is 272 g/mol. The van der Waals surface area contributed by atoms with Crippen LogP contribution in [0.15, 0.2) is 22.7 Å². The number of hydrogen-bond donors (Lipinski definition) is 1. The van der Waals surface area contributed by atoms with E-state index >= 15 is 0 Å². The van der Waals surface area contributed by atoms with Crippen molar-refractivity contribution in [2.45, 2.75) is 32.7 Å². The van der Waals surface area contributed by atoms with E-state index in [1.54, 1.807) is 0 Å². The Kier molecular flexibility index (Phi) is 5.73. The van der Waals surface area contributed by atoms with Gasteiger partial charge in [0.05, 0.1) is 6.61 Å². The van der Waals surface area contributed by atoms with Gasteiger partial charge in [-0.3, -0.25) is 0 Å². The molecule has 0 aliphatic carbocycles. The molecule has 0 heterocycles. The van der Waals surface area contributed by atoms with E-state index in [2.05, 4.69) is 22.9 Å². The molecule has 0 bridgehead atoms. The molecule has 0 aliphatic rings. The number of nitrogens with two attached hydrogens (primary N) is 1. The first-order valence-electron chi connectivity index (χ1n) is 5.39. The lowest BCUT2D eigenvalue weighted by Gasteiger charge is -2.08. The predicted octanol–water partition coefficient (Wildman–Crippen LogP) is 3.48. The molecule has 0 aromatic heterocycles. The molecule has 0 unspecified atom stereocenters. The second kappa shape index (κ2) is 6.85. The molecule has 0 spiro atoms. The quantitative estimate of drug-likeness (QED) is 0.805. The third-order valence-corrected chi connectivity index (χ3v) is 3.00. The SMILES string of the molecule is CCCCCOc1ccc(CN)c(Br)c1. The molecule has 2 nitrogen and oxygen atoms in total. The van der Waals surface area contributed by atoms with Crippen molar-refractivity contribution in [2.24, 2.45) is 5.73 Å². The normalized spacial score (nSPS) is 10.3. The molecule has 0 amide bonds. The molecule has 0 radical (unpaired) electrons. The summed E-state index contributed by atoms with van der Waals surface area (Å²) in [5.41, 5.74) is 6.68. The van der Waals surface area contributed by atoms with Crippen LogP contribution in [0.4, 0.5) is 0 Å². The van der Waals surface area contributed by atoms with Gasteiger partial charge in [0.2, 0.25) is 0 Å². The maximum atomic E-state index is 5.62. The van der Waals surface area contributed by atoms with Gasteiger partial charge >= 0.3 is 0 Å². The Morgan fingerprint density at radius 1 is 1.33 bits per heavy atom. The van der Waals surface area contributed by atoms with Crippen molar-refractivity contribution in [3.8, 4) is 5.75 Å². The topological polar surface area (TPSA) is 35.2 Å². The fourth-order valence-corrected chi connectivity index (χ4v) is 1.85. The van der Waals surface area contributed by atoms with Crippen molar-refractivity contribution in [1.82, 2.24) is 0 Å². The first-order chi connectivity index (χ1) is 7.27. The average Bonchev–Trinajstić information content (AvgIpc) is 2.25. The maximum Gasteiger partial charge on any atom is 0.120 e. The van der Waals surface area contributed by atoms with Crippen LogP contribution >= 0.6 is 15.9 Å². The molecule has 84 valence electrons. The summed E-state index contributed by atoms with van der Waals surface area (Å²) in [5.74, 6) is 0.912. The van der Waals surface area contributed by atoms with Crippen molar-refractivity contribution < 1.29 is 4.74 Å². The van der Waals surface area contributed by atoms with Gasteiger partial charge in [-0.1, -0.05) is 41.8 Å². The minimum Gasteiger partial charge on any atom is -0.494 e.